The van der Waals surface area contributed by atoms with Crippen LogP contribution in [0.1, 0.15) is 10.4 Å². The van der Waals surface area contributed by atoms with E-state index in [2.05, 4.69) is 0 Å². The fourth-order valence-electron chi connectivity index (χ4n) is 2.33. The summed E-state index contributed by atoms with van der Waals surface area (Å²) in [6.07, 6.45) is 0. The standard InChI is InChI=1S/C15H14N2O3S/c1-16(2)11-7-9-12(10-8-11)17-15(18)13-5-3-4-6-14(13)21(17,19)20/h3-10H,1-2H3. The third-order valence-corrected chi connectivity index (χ3v) is 5.19. The van der Waals surface area contributed by atoms with E-state index in [1.807, 2.05) is 19.0 Å². The normalized spacial score (nSPS) is 15.9. The topological polar surface area (TPSA) is 57.7 Å². The molecule has 0 saturated carbocycles. The minimum atomic E-state index is -3.81. The van der Waals surface area contributed by atoms with Gasteiger partial charge in [-0.2, -0.15) is 4.31 Å². The Balaban J connectivity index is 2.10. The molecule has 0 spiro atoms. The number of amides is 1. The smallest absolute Gasteiger partial charge is 0.273 e. The third kappa shape index (κ3) is 1.99. The predicted molar refractivity (Wildman–Crippen MR) is 81.2 cm³/mol. The Hall–Kier alpha value is -2.34. The molecule has 1 heterocycles. The highest BCUT2D eigenvalue weighted by atomic mass is 32.2. The predicted octanol–water partition coefficient (Wildman–Crippen LogP) is 2.10. The molecule has 2 aromatic carbocycles. The van der Waals surface area contributed by atoms with Crippen LogP contribution in [0.4, 0.5) is 11.4 Å². The molecule has 0 aliphatic carbocycles. The van der Waals surface area contributed by atoms with E-state index in [-0.39, 0.29) is 10.5 Å². The van der Waals surface area contributed by atoms with Crippen molar-refractivity contribution < 1.29 is 13.2 Å². The minimum Gasteiger partial charge on any atom is -0.378 e. The number of carbonyl (C=O) groups is 1. The number of hydrogen-bond donors (Lipinski definition) is 0. The van der Waals surface area contributed by atoms with E-state index >= 15 is 0 Å². The van der Waals surface area contributed by atoms with Gasteiger partial charge in [0.2, 0.25) is 0 Å². The lowest BCUT2D eigenvalue weighted by Crippen LogP contribution is -2.29. The van der Waals surface area contributed by atoms with Crippen molar-refractivity contribution in [1.82, 2.24) is 0 Å². The molecule has 1 amide bonds. The van der Waals surface area contributed by atoms with E-state index in [0.717, 1.165) is 9.99 Å². The molecule has 0 saturated heterocycles. The molecule has 0 radical (unpaired) electrons. The lowest BCUT2D eigenvalue weighted by atomic mass is 10.2. The summed E-state index contributed by atoms with van der Waals surface area (Å²) < 4.78 is 25.9. The molecule has 3 rings (SSSR count). The van der Waals surface area contributed by atoms with Crippen LogP contribution in [0, 0.1) is 0 Å². The molecular formula is C15H14N2O3S. The van der Waals surface area contributed by atoms with E-state index in [0.29, 0.717) is 5.69 Å². The second-order valence-corrected chi connectivity index (χ2v) is 6.74. The van der Waals surface area contributed by atoms with Gasteiger partial charge >= 0.3 is 0 Å². The lowest BCUT2D eigenvalue weighted by molar-refractivity contribution is 0.101. The highest BCUT2D eigenvalue weighted by molar-refractivity contribution is 7.94. The summed E-state index contributed by atoms with van der Waals surface area (Å²) in [6, 6.07) is 13.1. The SMILES string of the molecule is CN(C)c1ccc(N2C(=O)c3ccccc3S2(=O)=O)cc1. The lowest BCUT2D eigenvalue weighted by Gasteiger charge is -2.17. The second kappa shape index (κ2) is 4.60. The summed E-state index contributed by atoms with van der Waals surface area (Å²) in [5.74, 6) is -0.511. The highest BCUT2D eigenvalue weighted by Gasteiger charge is 2.41. The van der Waals surface area contributed by atoms with Gasteiger partial charge in [0, 0.05) is 19.8 Å². The van der Waals surface area contributed by atoms with Crippen LogP contribution < -0.4 is 9.21 Å². The first-order valence-corrected chi connectivity index (χ1v) is 7.83. The quantitative estimate of drug-likeness (QED) is 0.852. The van der Waals surface area contributed by atoms with Gasteiger partial charge in [-0.25, -0.2) is 8.42 Å². The van der Waals surface area contributed by atoms with Crippen LogP contribution in [0.3, 0.4) is 0 Å². The van der Waals surface area contributed by atoms with Crippen LogP contribution in [-0.4, -0.2) is 28.4 Å². The van der Waals surface area contributed by atoms with Gasteiger partial charge in [-0.15, -0.1) is 0 Å². The molecule has 6 heteroatoms. The molecule has 21 heavy (non-hydrogen) atoms. The Morgan fingerprint density at radius 1 is 0.952 bits per heavy atom. The van der Waals surface area contributed by atoms with E-state index in [9.17, 15) is 13.2 Å². The van der Waals surface area contributed by atoms with E-state index < -0.39 is 15.9 Å². The third-order valence-electron chi connectivity index (χ3n) is 3.42. The molecule has 0 aromatic heterocycles. The van der Waals surface area contributed by atoms with Crippen LogP contribution in [0.2, 0.25) is 0 Å². The largest absolute Gasteiger partial charge is 0.378 e. The zero-order valence-electron chi connectivity index (χ0n) is 11.6. The zero-order chi connectivity index (χ0) is 15.2. The van der Waals surface area contributed by atoms with Gasteiger partial charge in [0.15, 0.2) is 0 Å². The molecule has 0 fully saturated rings. The maximum absolute atomic E-state index is 12.5. The summed E-state index contributed by atoms with van der Waals surface area (Å²) in [4.78, 5) is 14.3. The molecule has 5 nitrogen and oxygen atoms in total. The van der Waals surface area contributed by atoms with Gasteiger partial charge in [0.25, 0.3) is 15.9 Å². The Morgan fingerprint density at radius 3 is 2.14 bits per heavy atom. The van der Waals surface area contributed by atoms with Crippen molar-refractivity contribution in [2.45, 2.75) is 4.90 Å². The molecule has 1 aliphatic rings. The molecule has 108 valence electrons. The first-order chi connectivity index (χ1) is 9.93. The summed E-state index contributed by atoms with van der Waals surface area (Å²) >= 11 is 0. The Bertz CT molecular complexity index is 811. The summed E-state index contributed by atoms with van der Waals surface area (Å²) in [5, 5.41) is 0. The number of anilines is 2. The number of rotatable bonds is 2. The first-order valence-electron chi connectivity index (χ1n) is 6.39. The number of nitrogens with zero attached hydrogens (tertiary/aromatic N) is 2. The average Bonchev–Trinajstić information content (AvgIpc) is 2.67. The van der Waals surface area contributed by atoms with Crippen LogP contribution in [0.15, 0.2) is 53.4 Å². The van der Waals surface area contributed by atoms with E-state index in [1.54, 1.807) is 36.4 Å². The Labute approximate surface area is 123 Å². The van der Waals surface area contributed by atoms with Gasteiger partial charge in [-0.1, -0.05) is 12.1 Å². The van der Waals surface area contributed by atoms with Crippen LogP contribution in [-0.2, 0) is 10.0 Å². The average molecular weight is 302 g/mol. The summed E-state index contributed by atoms with van der Waals surface area (Å²) in [5.41, 5.74) is 1.50. The summed E-state index contributed by atoms with van der Waals surface area (Å²) in [7, 11) is -0.0286. The number of fused-ring (bicyclic) bond motifs is 1. The zero-order valence-corrected chi connectivity index (χ0v) is 12.5. The fraction of sp³-hybridized carbons (Fsp3) is 0.133. The monoisotopic (exact) mass is 302 g/mol. The fourth-order valence-corrected chi connectivity index (χ4v) is 3.92. The van der Waals surface area contributed by atoms with Gasteiger partial charge in [-0.3, -0.25) is 4.79 Å². The molecule has 0 unspecified atom stereocenters. The van der Waals surface area contributed by atoms with Crippen molar-refractivity contribution in [3.63, 3.8) is 0 Å². The minimum absolute atomic E-state index is 0.0617. The maximum Gasteiger partial charge on any atom is 0.273 e. The number of sulfonamides is 1. The maximum atomic E-state index is 12.5. The van der Waals surface area contributed by atoms with Gasteiger partial charge in [-0.05, 0) is 36.4 Å². The molecule has 0 atom stereocenters. The van der Waals surface area contributed by atoms with Crippen molar-refractivity contribution >= 4 is 27.3 Å². The van der Waals surface area contributed by atoms with Crippen LogP contribution in [0.25, 0.3) is 0 Å². The van der Waals surface area contributed by atoms with Gasteiger partial charge in [0.1, 0.15) is 4.90 Å². The number of hydrogen-bond acceptors (Lipinski definition) is 4. The highest BCUT2D eigenvalue weighted by Crippen LogP contribution is 2.34. The summed E-state index contributed by atoms with van der Waals surface area (Å²) in [6.45, 7) is 0. The first kappa shape index (κ1) is 13.6. The Kier molecular flexibility index (Phi) is 2.98. The van der Waals surface area contributed by atoms with Crippen molar-refractivity contribution in [3.05, 3.63) is 54.1 Å². The van der Waals surface area contributed by atoms with Crippen LogP contribution >= 0.6 is 0 Å². The second-order valence-electron chi connectivity index (χ2n) is 4.98. The Morgan fingerprint density at radius 2 is 1.57 bits per heavy atom. The molecule has 1 aliphatic heterocycles. The van der Waals surface area contributed by atoms with Crippen LogP contribution in [0.5, 0.6) is 0 Å². The molecule has 0 N–H and O–H groups in total. The number of benzene rings is 2. The molecular weight excluding hydrogens is 288 g/mol. The number of carbonyl (C=O) groups excluding carboxylic acids is 1. The van der Waals surface area contributed by atoms with Crippen molar-refractivity contribution in [1.29, 1.82) is 0 Å². The molecule has 2 aromatic rings. The van der Waals surface area contributed by atoms with Crippen molar-refractivity contribution in [3.8, 4) is 0 Å². The van der Waals surface area contributed by atoms with E-state index in [4.69, 9.17) is 0 Å². The van der Waals surface area contributed by atoms with E-state index in [1.165, 1.54) is 12.1 Å². The molecule has 0 bridgehead atoms. The van der Waals surface area contributed by atoms with Gasteiger partial charge < -0.3 is 4.90 Å². The van der Waals surface area contributed by atoms with Crippen molar-refractivity contribution in [2.75, 3.05) is 23.3 Å². The van der Waals surface area contributed by atoms with Gasteiger partial charge in [0.05, 0.1) is 11.3 Å². The van der Waals surface area contributed by atoms with Crippen molar-refractivity contribution in [2.24, 2.45) is 0 Å².